The van der Waals surface area contributed by atoms with E-state index in [0.29, 0.717) is 5.56 Å². The number of amides is 1. The summed E-state index contributed by atoms with van der Waals surface area (Å²) in [5, 5.41) is 2.92. The van der Waals surface area contributed by atoms with Gasteiger partial charge in [0.15, 0.2) is 0 Å². The second kappa shape index (κ2) is 7.58. The number of hydrogen-bond acceptors (Lipinski definition) is 2. The number of nitrogens with one attached hydrogen (secondary N) is 1. The quantitative estimate of drug-likeness (QED) is 0.665. The zero-order chi connectivity index (χ0) is 16.8. The first-order valence-electron chi connectivity index (χ1n) is 7.73. The number of carbonyl (C=O) groups excluding carboxylic acids is 1. The van der Waals surface area contributed by atoms with Crippen molar-refractivity contribution in [2.75, 3.05) is 18.9 Å². The first-order valence-corrected chi connectivity index (χ1v) is 7.73. The number of rotatable bonds is 5. The van der Waals surface area contributed by atoms with Crippen molar-refractivity contribution in [3.63, 3.8) is 0 Å². The van der Waals surface area contributed by atoms with Crippen molar-refractivity contribution in [3.8, 4) is 0 Å². The molecule has 1 N–H and O–H groups in total. The minimum atomic E-state index is -0.0991. The first kappa shape index (κ1) is 16.7. The van der Waals surface area contributed by atoms with Gasteiger partial charge in [-0.05, 0) is 56.2 Å². The van der Waals surface area contributed by atoms with E-state index in [1.165, 1.54) is 0 Å². The Kier molecular flexibility index (Phi) is 5.52. The summed E-state index contributed by atoms with van der Waals surface area (Å²) in [4.78, 5) is 18.9. The van der Waals surface area contributed by atoms with E-state index in [1.54, 1.807) is 0 Å². The lowest BCUT2D eigenvalue weighted by Gasteiger charge is -2.12. The molecule has 0 radical (unpaired) electrons. The Morgan fingerprint density at radius 3 is 2.52 bits per heavy atom. The molecule has 0 aliphatic carbocycles. The first-order chi connectivity index (χ1) is 11.0. The molecule has 4 heteroatoms. The highest BCUT2D eigenvalue weighted by atomic mass is 16.1. The monoisotopic (exact) mass is 309 g/mol. The number of aliphatic imine (C=N–C) groups is 1. The van der Waals surface area contributed by atoms with Crippen LogP contribution >= 0.6 is 0 Å². The lowest BCUT2D eigenvalue weighted by molar-refractivity contribution is 0.102. The van der Waals surface area contributed by atoms with E-state index < -0.39 is 0 Å². The van der Waals surface area contributed by atoms with Gasteiger partial charge in [-0.15, -0.1) is 0 Å². The number of hydrogen-bond donors (Lipinski definition) is 1. The maximum atomic E-state index is 12.5. The third-order valence-corrected chi connectivity index (χ3v) is 3.71. The van der Waals surface area contributed by atoms with Crippen LogP contribution < -0.4 is 5.32 Å². The molecule has 0 spiro atoms. The Labute approximate surface area is 137 Å². The van der Waals surface area contributed by atoms with Gasteiger partial charge in [-0.3, -0.25) is 4.79 Å². The van der Waals surface area contributed by atoms with Gasteiger partial charge in [-0.1, -0.05) is 18.2 Å². The predicted molar refractivity (Wildman–Crippen MR) is 96.8 cm³/mol. The summed E-state index contributed by atoms with van der Waals surface area (Å²) in [6.45, 7) is 6.87. The molecule has 0 aliphatic heterocycles. The Hall–Kier alpha value is -2.62. The zero-order valence-electron chi connectivity index (χ0n) is 14.1. The van der Waals surface area contributed by atoms with Crippen LogP contribution in [0.2, 0.25) is 0 Å². The Balaban J connectivity index is 2.22. The highest BCUT2D eigenvalue weighted by Gasteiger charge is 2.11. The maximum Gasteiger partial charge on any atom is 0.255 e. The van der Waals surface area contributed by atoms with Gasteiger partial charge in [0.05, 0.1) is 12.0 Å². The van der Waals surface area contributed by atoms with Gasteiger partial charge in [0.25, 0.3) is 5.91 Å². The number of para-hydroxylation sites is 1. The molecule has 0 saturated carbocycles. The van der Waals surface area contributed by atoms with Crippen LogP contribution in [-0.2, 0) is 0 Å². The van der Waals surface area contributed by atoms with Crippen LogP contribution in [0, 0.1) is 13.8 Å². The minimum Gasteiger partial charge on any atom is -0.366 e. The van der Waals surface area contributed by atoms with E-state index in [4.69, 9.17) is 0 Å². The van der Waals surface area contributed by atoms with E-state index in [1.807, 2.05) is 74.6 Å². The predicted octanol–water partition coefficient (Wildman–Crippen LogP) is 4.17. The van der Waals surface area contributed by atoms with E-state index >= 15 is 0 Å². The fraction of sp³-hybridized carbons (Fsp3) is 0.263. The normalized spacial score (nSPS) is 10.8. The number of benzene rings is 2. The molecule has 0 unspecified atom stereocenters. The van der Waals surface area contributed by atoms with Crippen molar-refractivity contribution >= 4 is 23.6 Å². The second-order valence-electron chi connectivity index (χ2n) is 5.59. The molecule has 2 rings (SSSR count). The van der Waals surface area contributed by atoms with Crippen LogP contribution in [0.15, 0.2) is 47.5 Å². The van der Waals surface area contributed by atoms with Crippen molar-refractivity contribution in [1.29, 1.82) is 0 Å². The summed E-state index contributed by atoms with van der Waals surface area (Å²) in [5.41, 5.74) is 4.25. The van der Waals surface area contributed by atoms with Gasteiger partial charge in [0, 0.05) is 24.8 Å². The third-order valence-electron chi connectivity index (χ3n) is 3.71. The number of nitrogens with zero attached hydrogens (tertiary/aromatic N) is 2. The molecular weight excluding hydrogens is 286 g/mol. The van der Waals surface area contributed by atoms with Gasteiger partial charge < -0.3 is 10.2 Å². The van der Waals surface area contributed by atoms with Crippen LogP contribution in [0.3, 0.4) is 0 Å². The minimum absolute atomic E-state index is 0.0991. The van der Waals surface area contributed by atoms with Gasteiger partial charge in [0.2, 0.25) is 0 Å². The second-order valence-corrected chi connectivity index (χ2v) is 5.59. The Bertz CT molecular complexity index is 708. The third kappa shape index (κ3) is 4.42. The maximum absolute atomic E-state index is 12.5. The van der Waals surface area contributed by atoms with Crippen molar-refractivity contribution < 1.29 is 4.79 Å². The Morgan fingerprint density at radius 1 is 1.17 bits per heavy atom. The Morgan fingerprint density at radius 2 is 1.87 bits per heavy atom. The van der Waals surface area contributed by atoms with Crippen molar-refractivity contribution in [3.05, 3.63) is 59.2 Å². The van der Waals surface area contributed by atoms with Crippen LogP contribution in [0.4, 0.5) is 11.4 Å². The van der Waals surface area contributed by atoms with E-state index in [0.717, 1.165) is 29.0 Å². The van der Waals surface area contributed by atoms with E-state index in [-0.39, 0.29) is 5.91 Å². The van der Waals surface area contributed by atoms with E-state index in [2.05, 4.69) is 17.2 Å². The number of anilines is 1. The van der Waals surface area contributed by atoms with Gasteiger partial charge in [-0.2, -0.15) is 0 Å². The molecule has 2 aromatic rings. The topological polar surface area (TPSA) is 44.7 Å². The van der Waals surface area contributed by atoms with Crippen molar-refractivity contribution in [2.45, 2.75) is 20.8 Å². The molecule has 23 heavy (non-hydrogen) atoms. The SMILES string of the molecule is CCN(C)C=Nc1cc(C)c(C(=O)Nc2ccccc2)cc1C. The molecule has 2 aromatic carbocycles. The highest BCUT2D eigenvalue weighted by molar-refractivity contribution is 6.05. The van der Waals surface area contributed by atoms with Crippen molar-refractivity contribution in [2.24, 2.45) is 4.99 Å². The standard InChI is InChI=1S/C19H23N3O/c1-5-22(4)13-20-18-12-14(2)17(11-15(18)3)19(23)21-16-9-7-6-8-10-16/h6-13H,5H2,1-4H3,(H,21,23). The molecule has 0 aliphatic rings. The molecule has 120 valence electrons. The summed E-state index contributed by atoms with van der Waals surface area (Å²) < 4.78 is 0. The molecule has 0 saturated heterocycles. The molecule has 0 fully saturated rings. The number of aryl methyl sites for hydroxylation is 2. The van der Waals surface area contributed by atoms with Gasteiger partial charge >= 0.3 is 0 Å². The largest absolute Gasteiger partial charge is 0.366 e. The van der Waals surface area contributed by atoms with Crippen LogP contribution in [0.1, 0.15) is 28.4 Å². The van der Waals surface area contributed by atoms with Gasteiger partial charge in [0.1, 0.15) is 0 Å². The molecule has 4 nitrogen and oxygen atoms in total. The smallest absolute Gasteiger partial charge is 0.255 e. The fourth-order valence-corrected chi connectivity index (χ4v) is 2.15. The number of carbonyl (C=O) groups is 1. The molecule has 0 atom stereocenters. The van der Waals surface area contributed by atoms with Crippen LogP contribution in [0.5, 0.6) is 0 Å². The van der Waals surface area contributed by atoms with Crippen molar-refractivity contribution in [1.82, 2.24) is 4.90 Å². The van der Waals surface area contributed by atoms with Crippen LogP contribution in [0.25, 0.3) is 0 Å². The zero-order valence-corrected chi connectivity index (χ0v) is 14.1. The molecule has 0 aromatic heterocycles. The molecule has 1 amide bonds. The summed E-state index contributed by atoms with van der Waals surface area (Å²) in [5.74, 6) is -0.0991. The lowest BCUT2D eigenvalue weighted by atomic mass is 10.0. The molecule has 0 heterocycles. The van der Waals surface area contributed by atoms with E-state index in [9.17, 15) is 4.79 Å². The summed E-state index contributed by atoms with van der Waals surface area (Å²) in [7, 11) is 1.98. The summed E-state index contributed by atoms with van der Waals surface area (Å²) in [6.07, 6.45) is 1.81. The average molecular weight is 309 g/mol. The highest BCUT2D eigenvalue weighted by Crippen LogP contribution is 2.24. The fourth-order valence-electron chi connectivity index (χ4n) is 2.15. The summed E-state index contributed by atoms with van der Waals surface area (Å²) in [6, 6.07) is 13.3. The lowest BCUT2D eigenvalue weighted by Crippen LogP contribution is -2.15. The van der Waals surface area contributed by atoms with Crippen LogP contribution in [-0.4, -0.2) is 30.7 Å². The average Bonchev–Trinajstić information content (AvgIpc) is 2.55. The summed E-state index contributed by atoms with van der Waals surface area (Å²) >= 11 is 0. The van der Waals surface area contributed by atoms with Gasteiger partial charge in [-0.25, -0.2) is 4.99 Å². The molecule has 0 bridgehead atoms. The molecular formula is C19H23N3O.